The predicted octanol–water partition coefficient (Wildman–Crippen LogP) is 19.2. The number of furan rings is 2. The Labute approximate surface area is 427 Å². The van der Waals surface area contributed by atoms with Gasteiger partial charge in [-0.3, -0.25) is 0 Å². The van der Waals surface area contributed by atoms with E-state index >= 15 is 0 Å². The van der Waals surface area contributed by atoms with Gasteiger partial charge >= 0.3 is 0 Å². The van der Waals surface area contributed by atoms with Crippen LogP contribution < -0.4 is 0 Å². The highest BCUT2D eigenvalue weighted by Gasteiger charge is 2.31. The Morgan fingerprint density at radius 1 is 0.280 bits per heavy atom. The Morgan fingerprint density at radius 2 is 0.653 bits per heavy atom. The molecule has 0 saturated heterocycles. The van der Waals surface area contributed by atoms with Gasteiger partial charge < -0.3 is 22.5 Å². The third-order valence-electron chi connectivity index (χ3n) is 15.5. The van der Waals surface area contributed by atoms with Crippen molar-refractivity contribution in [1.82, 2.24) is 13.7 Å². The minimum Gasteiger partial charge on any atom is -0.455 e. The summed E-state index contributed by atoms with van der Waals surface area (Å²) in [4.78, 5) is 8.85. The van der Waals surface area contributed by atoms with Crippen molar-refractivity contribution in [3.63, 3.8) is 0 Å². The zero-order valence-electron chi connectivity index (χ0n) is 39.9. The van der Waals surface area contributed by atoms with E-state index in [4.69, 9.17) is 8.83 Å². The lowest BCUT2D eigenvalue weighted by Crippen LogP contribution is -2.10. The minimum atomic E-state index is 0.337. The fourth-order valence-electron chi connectivity index (χ4n) is 12.3. The molecule has 0 aliphatic rings. The number of aromatic nitrogens is 3. The van der Waals surface area contributed by atoms with Crippen molar-refractivity contribution < 1.29 is 8.83 Å². The van der Waals surface area contributed by atoms with Crippen LogP contribution in [-0.2, 0) is 0 Å². The zero-order valence-corrected chi connectivity index (χ0v) is 39.9. The molecule has 0 atom stereocenters. The van der Waals surface area contributed by atoms with E-state index in [-0.39, 0.29) is 0 Å². The van der Waals surface area contributed by atoms with Crippen LogP contribution in [0.5, 0.6) is 0 Å². The summed E-state index contributed by atoms with van der Waals surface area (Å²) in [5, 5.41) is 10.0. The summed E-state index contributed by atoms with van der Waals surface area (Å²) in [6, 6.07) is 77.9. The van der Waals surface area contributed by atoms with Gasteiger partial charge in [0.15, 0.2) is 0 Å². The van der Waals surface area contributed by atoms with E-state index in [1.165, 1.54) is 0 Å². The van der Waals surface area contributed by atoms with Crippen LogP contribution in [0.1, 0.15) is 0 Å². The molecule has 0 aliphatic carbocycles. The molecule has 346 valence electrons. The third kappa shape index (κ3) is 5.67. The average Bonchev–Trinajstić information content (AvgIpc) is 4.41. The van der Waals surface area contributed by atoms with Crippen molar-refractivity contribution >= 4 is 121 Å². The van der Waals surface area contributed by atoms with E-state index in [0.29, 0.717) is 28.4 Å². The number of hydrogen-bond acceptors (Lipinski definition) is 2. The van der Waals surface area contributed by atoms with Crippen molar-refractivity contribution in [3.8, 4) is 39.3 Å². The highest BCUT2D eigenvalue weighted by atomic mass is 16.3. The number of rotatable bonds is 5. The van der Waals surface area contributed by atoms with Crippen LogP contribution in [0.2, 0.25) is 0 Å². The maximum atomic E-state index is 9.19. The van der Waals surface area contributed by atoms with Gasteiger partial charge in [-0.05, 0) is 101 Å². The lowest BCUT2D eigenvalue weighted by Gasteiger charge is -2.24. The van der Waals surface area contributed by atoms with Gasteiger partial charge in [0.2, 0.25) is 11.4 Å². The van der Waals surface area contributed by atoms with Crippen molar-refractivity contribution in [1.29, 1.82) is 0 Å². The molecule has 7 nitrogen and oxygen atoms in total. The summed E-state index contributed by atoms with van der Waals surface area (Å²) in [6.07, 6.45) is 0. The average molecular weight is 956 g/mol. The third-order valence-corrected chi connectivity index (χ3v) is 15.5. The topological polar surface area (TPSA) is 49.8 Å². The Balaban J connectivity index is 1.14. The van der Waals surface area contributed by atoms with Crippen LogP contribution in [0, 0.1) is 13.1 Å². The highest BCUT2D eigenvalue weighted by molar-refractivity contribution is 6.27. The molecule has 0 unspecified atom stereocenters. The zero-order chi connectivity index (χ0) is 49.5. The molecule has 7 heteroatoms. The lowest BCUT2D eigenvalue weighted by atomic mass is 10.0. The maximum Gasteiger partial charge on any atom is 0.202 e. The van der Waals surface area contributed by atoms with Crippen LogP contribution in [-0.4, -0.2) is 13.7 Å². The molecule has 0 aliphatic heterocycles. The summed E-state index contributed by atoms with van der Waals surface area (Å²) >= 11 is 0. The van der Waals surface area contributed by atoms with Crippen LogP contribution in [0.25, 0.3) is 158 Å². The van der Waals surface area contributed by atoms with Crippen molar-refractivity contribution in [2.75, 3.05) is 0 Å². The highest BCUT2D eigenvalue weighted by Crippen LogP contribution is 2.52. The largest absolute Gasteiger partial charge is 0.455 e. The molecule has 16 rings (SSSR count). The van der Waals surface area contributed by atoms with Gasteiger partial charge in [0.25, 0.3) is 0 Å². The monoisotopic (exact) mass is 955 g/mol. The molecule has 16 aromatic rings. The summed E-state index contributed by atoms with van der Waals surface area (Å²) < 4.78 is 20.7. The van der Waals surface area contributed by atoms with E-state index in [2.05, 4.69) is 205 Å². The molecular weight excluding hydrogens is 919 g/mol. The molecule has 0 N–H and O–H groups in total. The quantitative estimate of drug-likeness (QED) is 0.161. The summed E-state index contributed by atoms with van der Waals surface area (Å²) in [5.41, 5.74) is 15.5. The fraction of sp³-hybridized carbons (Fsp3) is 0. The van der Waals surface area contributed by atoms with E-state index in [1.54, 1.807) is 6.07 Å². The maximum absolute atomic E-state index is 9.19. The Bertz CT molecular complexity index is 4890. The molecule has 0 fully saturated rings. The molecule has 0 bridgehead atoms. The second-order valence-electron chi connectivity index (χ2n) is 19.3. The Morgan fingerprint density at radius 3 is 1.11 bits per heavy atom. The standard InChI is InChI=1S/C68H37N5O2/c1-69-52-39-53(70-2)65(73-57-34-30-43(41-19-7-4-8-20-41)38-51(57)63-59(73)36-32-49-47-24-12-16-28-61(47)75-68(49)63)66(71-54-25-13-9-21-44(54)45-22-10-14-26-55(45)71)64(52)72-56-33-29-42(40-17-5-3-6-18-40)37-50(56)62-58(72)35-31-48-46-23-11-15-27-60(46)74-67(48)62/h3-39H. The molecular formula is C68H37N5O2. The SMILES string of the molecule is [C-]#[N+]c1cc([N+]#[C-])c(-n2c3ccc(-c4ccccc4)cc3c3c4oc5ccccc5c4ccc32)c(-n2c3ccccc3c3ccccc32)c1-n1c2ccc(-c3ccccc3)cc2c2c3oc4ccccc4c3ccc21. The van der Waals surface area contributed by atoms with Crippen LogP contribution >= 0.6 is 0 Å². The van der Waals surface area contributed by atoms with Gasteiger partial charge in [-0.2, -0.15) is 0 Å². The van der Waals surface area contributed by atoms with Gasteiger partial charge in [0, 0.05) is 43.1 Å². The fourth-order valence-corrected chi connectivity index (χ4v) is 12.3. The van der Waals surface area contributed by atoms with E-state index in [9.17, 15) is 13.1 Å². The number of fused-ring (bicyclic) bond motifs is 17. The first-order valence-electron chi connectivity index (χ1n) is 25.0. The number of para-hydroxylation sites is 4. The molecule has 0 saturated carbocycles. The van der Waals surface area contributed by atoms with Crippen LogP contribution in [0.4, 0.5) is 11.4 Å². The van der Waals surface area contributed by atoms with E-state index in [0.717, 1.165) is 132 Å². The molecule has 5 aromatic heterocycles. The molecule has 0 spiro atoms. The van der Waals surface area contributed by atoms with Crippen molar-refractivity contribution in [2.45, 2.75) is 0 Å². The second-order valence-corrected chi connectivity index (χ2v) is 19.3. The van der Waals surface area contributed by atoms with Crippen molar-refractivity contribution in [2.24, 2.45) is 0 Å². The number of nitrogens with zero attached hydrogens (tertiary/aromatic N) is 5. The van der Waals surface area contributed by atoms with Crippen LogP contribution in [0.3, 0.4) is 0 Å². The van der Waals surface area contributed by atoms with Crippen LogP contribution in [0.15, 0.2) is 233 Å². The van der Waals surface area contributed by atoms with Gasteiger partial charge in [-0.15, -0.1) is 0 Å². The predicted molar refractivity (Wildman–Crippen MR) is 307 cm³/mol. The summed E-state index contributed by atoms with van der Waals surface area (Å²) in [6.45, 7) is 18.4. The Hall–Kier alpha value is -10.6. The second kappa shape index (κ2) is 15.5. The first kappa shape index (κ1) is 41.1. The summed E-state index contributed by atoms with van der Waals surface area (Å²) in [7, 11) is 0. The summed E-state index contributed by atoms with van der Waals surface area (Å²) in [5.74, 6) is 0. The van der Waals surface area contributed by atoms with Gasteiger partial charge in [0.1, 0.15) is 22.3 Å². The van der Waals surface area contributed by atoms with Gasteiger partial charge in [-0.25, -0.2) is 9.69 Å². The molecule has 75 heavy (non-hydrogen) atoms. The Kier molecular flexibility index (Phi) is 8.46. The van der Waals surface area contributed by atoms with E-state index in [1.807, 2.05) is 36.4 Å². The van der Waals surface area contributed by atoms with Crippen molar-refractivity contribution in [3.05, 3.63) is 247 Å². The number of hydrogen-bond donors (Lipinski definition) is 0. The molecule has 0 amide bonds. The molecule has 5 heterocycles. The molecule has 11 aromatic carbocycles. The van der Waals surface area contributed by atoms with E-state index < -0.39 is 0 Å². The first-order chi connectivity index (χ1) is 37.1. The lowest BCUT2D eigenvalue weighted by molar-refractivity contribution is 0.672. The van der Waals surface area contributed by atoms with Gasteiger partial charge in [-0.1, -0.05) is 146 Å². The number of benzene rings is 11. The molecule has 0 radical (unpaired) electrons. The minimum absolute atomic E-state index is 0.337. The smallest absolute Gasteiger partial charge is 0.202 e. The first-order valence-corrected chi connectivity index (χ1v) is 25.0. The normalized spacial score (nSPS) is 12.0. The van der Waals surface area contributed by atoms with Gasteiger partial charge in [0.05, 0.1) is 74.1 Å².